The van der Waals surface area contributed by atoms with Crippen LogP contribution in [0.5, 0.6) is 0 Å². The highest BCUT2D eigenvalue weighted by Crippen LogP contribution is 2.30. The van der Waals surface area contributed by atoms with Crippen LogP contribution in [0.2, 0.25) is 0 Å². The topological polar surface area (TPSA) is 24.9 Å². The second-order valence-electron chi connectivity index (χ2n) is 5.75. The van der Waals surface area contributed by atoms with Crippen molar-refractivity contribution in [2.24, 2.45) is 5.92 Å². The van der Waals surface area contributed by atoms with E-state index in [0.29, 0.717) is 5.92 Å². The molecule has 0 bridgehead atoms. The third kappa shape index (κ3) is 3.47. The van der Waals surface area contributed by atoms with Gasteiger partial charge in [-0.3, -0.25) is 0 Å². The fraction of sp³-hybridized carbons (Fsp3) is 0.471. The Balaban J connectivity index is 2.34. The maximum Gasteiger partial charge on any atom is 0.0900 e. The minimum atomic E-state index is 0.244. The molecule has 2 rings (SSSR count). The normalized spacial score (nSPS) is 12.9. The van der Waals surface area contributed by atoms with Gasteiger partial charge in [0.25, 0.3) is 0 Å². The predicted octanol–water partition coefficient (Wildman–Crippen LogP) is 4.27. The van der Waals surface area contributed by atoms with Gasteiger partial charge in [0.2, 0.25) is 0 Å². The summed E-state index contributed by atoms with van der Waals surface area (Å²) in [5.41, 5.74) is 3.88. The van der Waals surface area contributed by atoms with Crippen LogP contribution >= 0.6 is 11.3 Å². The maximum atomic E-state index is 4.55. The van der Waals surface area contributed by atoms with Crippen molar-refractivity contribution >= 4 is 11.3 Å². The van der Waals surface area contributed by atoms with E-state index in [1.54, 1.807) is 11.3 Å². The molecule has 0 spiro atoms. The highest BCUT2D eigenvalue weighted by Gasteiger charge is 2.18. The first-order valence-electron chi connectivity index (χ1n) is 7.21. The third-order valence-corrected chi connectivity index (χ3v) is 4.56. The molecule has 0 aliphatic heterocycles. The van der Waals surface area contributed by atoms with E-state index in [1.807, 2.05) is 7.05 Å². The molecule has 0 fully saturated rings. The van der Waals surface area contributed by atoms with E-state index in [0.717, 1.165) is 17.1 Å². The number of hydrogen-bond donors (Lipinski definition) is 1. The van der Waals surface area contributed by atoms with Crippen LogP contribution in [0, 0.1) is 19.8 Å². The van der Waals surface area contributed by atoms with Gasteiger partial charge in [-0.1, -0.05) is 38.1 Å². The van der Waals surface area contributed by atoms with Gasteiger partial charge in [0.15, 0.2) is 0 Å². The molecular weight excluding hydrogens is 264 g/mol. The molecule has 0 amide bonds. The molecule has 1 aromatic carbocycles. The van der Waals surface area contributed by atoms with Crippen LogP contribution in [0.4, 0.5) is 0 Å². The number of benzene rings is 1. The first kappa shape index (κ1) is 15.2. The van der Waals surface area contributed by atoms with E-state index in [-0.39, 0.29) is 6.04 Å². The monoisotopic (exact) mass is 288 g/mol. The maximum absolute atomic E-state index is 4.55. The summed E-state index contributed by atoms with van der Waals surface area (Å²) in [4.78, 5) is 5.88. The molecule has 0 saturated heterocycles. The lowest BCUT2D eigenvalue weighted by molar-refractivity contribution is 0.643. The van der Waals surface area contributed by atoms with Gasteiger partial charge in [-0.2, -0.15) is 0 Å². The lowest BCUT2D eigenvalue weighted by atomic mass is 9.97. The summed E-state index contributed by atoms with van der Waals surface area (Å²) in [6, 6.07) is 9.17. The molecule has 1 aromatic heterocycles. The highest BCUT2D eigenvalue weighted by atomic mass is 32.1. The van der Waals surface area contributed by atoms with Crippen LogP contribution in [-0.4, -0.2) is 12.0 Å². The molecule has 108 valence electrons. The number of aryl methyl sites for hydroxylation is 2. The van der Waals surface area contributed by atoms with Crippen LogP contribution < -0.4 is 5.32 Å². The van der Waals surface area contributed by atoms with E-state index in [9.17, 15) is 0 Å². The summed E-state index contributed by atoms with van der Waals surface area (Å²) in [6.07, 6.45) is 1.13. The van der Waals surface area contributed by atoms with Gasteiger partial charge in [0.1, 0.15) is 0 Å². The molecule has 2 aromatic rings. The van der Waals surface area contributed by atoms with Crippen molar-refractivity contribution in [2.45, 2.75) is 40.2 Å². The first-order valence-corrected chi connectivity index (χ1v) is 8.03. The van der Waals surface area contributed by atoms with Crippen LogP contribution in [0.25, 0.3) is 0 Å². The SMILES string of the molecule is CNC(c1cccc(CC(C)C)c1)c1sc(C)nc1C. The number of nitrogens with zero attached hydrogens (tertiary/aromatic N) is 1. The van der Waals surface area contributed by atoms with Crippen LogP contribution in [0.1, 0.15) is 46.6 Å². The summed E-state index contributed by atoms with van der Waals surface area (Å²) >= 11 is 1.79. The predicted molar refractivity (Wildman–Crippen MR) is 87.5 cm³/mol. The Hall–Kier alpha value is -1.19. The quantitative estimate of drug-likeness (QED) is 0.889. The molecule has 1 unspecified atom stereocenters. The summed E-state index contributed by atoms with van der Waals surface area (Å²) < 4.78 is 0. The number of aromatic nitrogens is 1. The first-order chi connectivity index (χ1) is 9.51. The van der Waals surface area contributed by atoms with E-state index < -0.39 is 0 Å². The molecule has 0 saturated carbocycles. The number of hydrogen-bond acceptors (Lipinski definition) is 3. The fourth-order valence-corrected chi connectivity index (χ4v) is 3.70. The summed E-state index contributed by atoms with van der Waals surface area (Å²) in [5, 5.41) is 4.58. The Labute approximate surface area is 126 Å². The van der Waals surface area contributed by atoms with E-state index in [1.165, 1.54) is 16.0 Å². The lowest BCUT2D eigenvalue weighted by Gasteiger charge is -2.17. The van der Waals surface area contributed by atoms with Crippen molar-refractivity contribution in [3.05, 3.63) is 51.0 Å². The number of nitrogens with one attached hydrogen (secondary N) is 1. The second-order valence-corrected chi connectivity index (χ2v) is 6.98. The molecule has 20 heavy (non-hydrogen) atoms. The minimum absolute atomic E-state index is 0.244. The molecule has 1 N–H and O–H groups in total. The fourth-order valence-electron chi connectivity index (χ4n) is 2.64. The number of thiazole rings is 1. The molecule has 3 heteroatoms. The Kier molecular flexibility index (Phi) is 4.95. The van der Waals surface area contributed by atoms with Gasteiger partial charge in [0.05, 0.1) is 16.7 Å². The van der Waals surface area contributed by atoms with Crippen molar-refractivity contribution in [2.75, 3.05) is 7.05 Å². The zero-order chi connectivity index (χ0) is 14.7. The van der Waals surface area contributed by atoms with Crippen LogP contribution in [0.3, 0.4) is 0 Å². The lowest BCUT2D eigenvalue weighted by Crippen LogP contribution is -2.17. The van der Waals surface area contributed by atoms with Crippen molar-refractivity contribution in [3.63, 3.8) is 0 Å². The molecule has 1 atom stereocenters. The molecular formula is C17H24N2S. The zero-order valence-corrected chi connectivity index (χ0v) is 13.8. The van der Waals surface area contributed by atoms with Crippen molar-refractivity contribution in [1.82, 2.24) is 10.3 Å². The van der Waals surface area contributed by atoms with Gasteiger partial charge < -0.3 is 5.32 Å². The Bertz CT molecular complexity index is 572. The molecule has 0 aliphatic rings. The van der Waals surface area contributed by atoms with Gasteiger partial charge >= 0.3 is 0 Å². The van der Waals surface area contributed by atoms with Gasteiger partial charge in [-0.05, 0) is 44.4 Å². The Morgan fingerprint density at radius 3 is 2.55 bits per heavy atom. The van der Waals surface area contributed by atoms with E-state index >= 15 is 0 Å². The van der Waals surface area contributed by atoms with Crippen LogP contribution in [-0.2, 0) is 6.42 Å². The van der Waals surface area contributed by atoms with Gasteiger partial charge in [0, 0.05) is 4.88 Å². The van der Waals surface area contributed by atoms with E-state index in [4.69, 9.17) is 0 Å². The molecule has 2 nitrogen and oxygen atoms in total. The van der Waals surface area contributed by atoms with Gasteiger partial charge in [-0.15, -0.1) is 11.3 Å². The van der Waals surface area contributed by atoms with Crippen molar-refractivity contribution in [3.8, 4) is 0 Å². The average Bonchev–Trinajstić information content (AvgIpc) is 2.69. The van der Waals surface area contributed by atoms with E-state index in [2.05, 4.69) is 62.3 Å². The minimum Gasteiger partial charge on any atom is -0.309 e. The molecule has 1 heterocycles. The summed E-state index contributed by atoms with van der Waals surface area (Å²) in [7, 11) is 2.02. The van der Waals surface area contributed by atoms with Crippen molar-refractivity contribution < 1.29 is 0 Å². The number of rotatable bonds is 5. The third-order valence-electron chi connectivity index (χ3n) is 3.42. The Morgan fingerprint density at radius 1 is 1.25 bits per heavy atom. The second kappa shape index (κ2) is 6.51. The standard InChI is InChI=1S/C17H24N2S/c1-11(2)9-14-7-6-8-15(10-14)16(18-5)17-12(3)19-13(4)20-17/h6-8,10-11,16,18H,9H2,1-5H3. The average molecular weight is 288 g/mol. The smallest absolute Gasteiger partial charge is 0.0900 e. The Morgan fingerprint density at radius 2 is 2.00 bits per heavy atom. The van der Waals surface area contributed by atoms with Crippen LogP contribution in [0.15, 0.2) is 24.3 Å². The highest BCUT2D eigenvalue weighted by molar-refractivity contribution is 7.11. The zero-order valence-electron chi connectivity index (χ0n) is 13.0. The van der Waals surface area contributed by atoms with Gasteiger partial charge in [-0.25, -0.2) is 4.98 Å². The largest absolute Gasteiger partial charge is 0.309 e. The van der Waals surface area contributed by atoms with Crippen molar-refractivity contribution in [1.29, 1.82) is 0 Å². The summed E-state index contributed by atoms with van der Waals surface area (Å²) in [6.45, 7) is 8.70. The summed E-state index contributed by atoms with van der Waals surface area (Å²) in [5.74, 6) is 0.686. The molecule has 0 radical (unpaired) electrons. The molecule has 0 aliphatic carbocycles.